The summed E-state index contributed by atoms with van der Waals surface area (Å²) in [6, 6.07) is 0. The highest BCUT2D eigenvalue weighted by Crippen LogP contribution is 2.08. The van der Waals surface area contributed by atoms with Crippen LogP contribution in [-0.2, 0) is 19.9 Å². The molecule has 0 fully saturated rings. The van der Waals surface area contributed by atoms with Gasteiger partial charge in [-0.3, -0.25) is 4.55 Å². The lowest BCUT2D eigenvalue weighted by molar-refractivity contribution is -0.294. The summed E-state index contributed by atoms with van der Waals surface area (Å²) in [5.74, 6) is -0.284. The van der Waals surface area contributed by atoms with Gasteiger partial charge in [0, 0.05) is 0 Å². The van der Waals surface area contributed by atoms with Crippen molar-refractivity contribution >= 4 is 10.1 Å². The Morgan fingerprint density at radius 2 is 1.26 bits per heavy atom. The van der Waals surface area contributed by atoms with Crippen LogP contribution in [0.2, 0.25) is 0 Å². The summed E-state index contributed by atoms with van der Waals surface area (Å²) < 4.78 is 29.3. The minimum Gasteiger partial charge on any atom is -0.286 e. The average Bonchev–Trinajstić information content (AvgIpc) is 2.34. The van der Waals surface area contributed by atoms with Crippen LogP contribution in [0.15, 0.2) is 0 Å². The van der Waals surface area contributed by atoms with Crippen molar-refractivity contribution in [1.82, 2.24) is 0 Å². The van der Waals surface area contributed by atoms with E-state index in [9.17, 15) is 8.42 Å². The van der Waals surface area contributed by atoms with Crippen LogP contribution >= 0.6 is 0 Å². The van der Waals surface area contributed by atoms with E-state index in [0.717, 1.165) is 12.8 Å². The fraction of sp³-hybridized carbons (Fsp3) is 1.00. The Balaban J connectivity index is 3.03. The molecule has 0 spiro atoms. The average molecular weight is 296 g/mol. The molecule has 19 heavy (non-hydrogen) atoms. The summed E-state index contributed by atoms with van der Waals surface area (Å²) in [6.07, 6.45) is 10.1. The Kier molecular flexibility index (Phi) is 12.7. The molecule has 0 atom stereocenters. The second kappa shape index (κ2) is 12.8. The first-order valence-corrected chi connectivity index (χ1v) is 8.86. The lowest BCUT2D eigenvalue weighted by Crippen LogP contribution is -2.07. The van der Waals surface area contributed by atoms with Crippen molar-refractivity contribution in [3.8, 4) is 0 Å². The van der Waals surface area contributed by atoms with Crippen LogP contribution in [0.1, 0.15) is 64.7 Å². The van der Waals surface area contributed by atoms with Crippen LogP contribution in [0.5, 0.6) is 0 Å². The predicted molar refractivity (Wildman–Crippen MR) is 75.5 cm³/mol. The van der Waals surface area contributed by atoms with Gasteiger partial charge in [0.25, 0.3) is 10.1 Å². The highest BCUT2D eigenvalue weighted by molar-refractivity contribution is 7.85. The molecule has 0 aromatic rings. The minimum absolute atomic E-state index is 0.191. The molecule has 0 saturated heterocycles. The molecule has 0 heterocycles. The first kappa shape index (κ1) is 18.8. The number of hydrogen-bond acceptors (Lipinski definition) is 4. The maximum Gasteiger partial charge on any atom is 0.264 e. The van der Waals surface area contributed by atoms with Gasteiger partial charge in [-0.1, -0.05) is 51.9 Å². The summed E-state index contributed by atoms with van der Waals surface area (Å²) >= 11 is 0. The summed E-state index contributed by atoms with van der Waals surface area (Å²) in [7, 11) is -3.87. The quantitative estimate of drug-likeness (QED) is 0.230. The third-order valence-corrected chi connectivity index (χ3v) is 3.60. The van der Waals surface area contributed by atoms with E-state index in [2.05, 4.69) is 6.92 Å². The molecule has 6 heteroatoms. The van der Waals surface area contributed by atoms with Crippen molar-refractivity contribution in [1.29, 1.82) is 0 Å². The van der Waals surface area contributed by atoms with Crippen molar-refractivity contribution in [3.05, 3.63) is 0 Å². The zero-order valence-corrected chi connectivity index (χ0v) is 12.8. The fourth-order valence-electron chi connectivity index (χ4n) is 1.71. The molecule has 0 amide bonds. The van der Waals surface area contributed by atoms with Crippen LogP contribution in [0.3, 0.4) is 0 Å². The monoisotopic (exact) mass is 296 g/mol. The van der Waals surface area contributed by atoms with Gasteiger partial charge in [-0.05, 0) is 12.8 Å². The largest absolute Gasteiger partial charge is 0.286 e. The van der Waals surface area contributed by atoms with E-state index in [4.69, 9.17) is 14.3 Å². The normalized spacial score (nSPS) is 11.9. The fourth-order valence-corrected chi connectivity index (χ4v) is 2.20. The molecule has 0 aliphatic carbocycles. The van der Waals surface area contributed by atoms with Crippen LogP contribution in [0, 0.1) is 0 Å². The zero-order valence-electron chi connectivity index (χ0n) is 12.0. The molecule has 0 unspecified atom stereocenters. The van der Waals surface area contributed by atoms with Crippen molar-refractivity contribution in [2.75, 3.05) is 19.0 Å². The summed E-state index contributed by atoms with van der Waals surface area (Å²) in [6.45, 7) is 2.95. The molecule has 0 radical (unpaired) electrons. The predicted octanol–water partition coefficient (Wildman–Crippen LogP) is 3.35. The molecule has 0 aliphatic heterocycles. The highest BCUT2D eigenvalue weighted by atomic mass is 32.2. The maximum absolute atomic E-state index is 10.4. The van der Waals surface area contributed by atoms with Crippen molar-refractivity contribution in [3.63, 3.8) is 0 Å². The first-order valence-electron chi connectivity index (χ1n) is 7.26. The maximum atomic E-state index is 10.4. The third-order valence-electron chi connectivity index (χ3n) is 2.79. The molecule has 116 valence electrons. The number of unbranched alkanes of at least 4 members (excludes halogenated alkanes) is 7. The van der Waals surface area contributed by atoms with Crippen molar-refractivity contribution in [2.45, 2.75) is 64.7 Å². The summed E-state index contributed by atoms with van der Waals surface area (Å²) in [5, 5.41) is 0. The lowest BCUT2D eigenvalue weighted by Gasteiger charge is -2.04. The van der Waals surface area contributed by atoms with Crippen LogP contribution in [0.4, 0.5) is 0 Å². The van der Waals surface area contributed by atoms with E-state index in [1.165, 1.54) is 38.5 Å². The van der Waals surface area contributed by atoms with Crippen molar-refractivity contribution in [2.24, 2.45) is 0 Å². The van der Waals surface area contributed by atoms with E-state index in [1.807, 2.05) is 0 Å². The molecule has 0 saturated carbocycles. The first-order chi connectivity index (χ1) is 9.06. The SMILES string of the molecule is CCCCCCCCCCOOCCCS(=O)(=O)O. The van der Waals surface area contributed by atoms with Crippen LogP contribution in [0.25, 0.3) is 0 Å². The molecule has 0 aromatic carbocycles. The van der Waals surface area contributed by atoms with Crippen molar-refractivity contribution < 1.29 is 22.7 Å². The molecular weight excluding hydrogens is 268 g/mol. The molecule has 5 nitrogen and oxygen atoms in total. The second-order valence-corrected chi connectivity index (χ2v) is 6.33. The summed E-state index contributed by atoms with van der Waals surface area (Å²) in [5.41, 5.74) is 0. The molecule has 0 aliphatic rings. The van der Waals surface area contributed by atoms with E-state index >= 15 is 0 Å². The number of rotatable bonds is 14. The molecule has 0 aromatic heterocycles. The molecule has 1 N–H and O–H groups in total. The molecule has 0 rings (SSSR count). The molecule has 0 bridgehead atoms. The van der Waals surface area contributed by atoms with Gasteiger partial charge in [0.15, 0.2) is 0 Å². The van der Waals surface area contributed by atoms with Gasteiger partial charge in [-0.15, -0.1) is 0 Å². The van der Waals surface area contributed by atoms with Gasteiger partial charge < -0.3 is 0 Å². The molecular formula is C13H28O5S. The lowest BCUT2D eigenvalue weighted by atomic mass is 10.1. The van der Waals surface area contributed by atoms with Crippen LogP contribution < -0.4 is 0 Å². The Morgan fingerprint density at radius 1 is 0.789 bits per heavy atom. The standard InChI is InChI=1S/C13H28O5S/c1-2-3-4-5-6-7-8-9-11-17-18-12-10-13-19(14,15)16/h2-13H2,1H3,(H,14,15,16). The van der Waals surface area contributed by atoms with E-state index in [0.29, 0.717) is 6.61 Å². The van der Waals surface area contributed by atoms with Gasteiger partial charge in [-0.2, -0.15) is 8.42 Å². The second-order valence-electron chi connectivity index (χ2n) is 4.76. The summed E-state index contributed by atoms with van der Waals surface area (Å²) in [4.78, 5) is 9.73. The third kappa shape index (κ3) is 17.8. The van der Waals surface area contributed by atoms with E-state index in [1.54, 1.807) is 0 Å². The number of hydrogen-bond donors (Lipinski definition) is 1. The van der Waals surface area contributed by atoms with E-state index in [-0.39, 0.29) is 18.8 Å². The Morgan fingerprint density at radius 3 is 1.79 bits per heavy atom. The Hall–Kier alpha value is -0.170. The minimum atomic E-state index is -3.87. The van der Waals surface area contributed by atoms with Gasteiger partial charge in [0.1, 0.15) is 0 Å². The zero-order chi connectivity index (χ0) is 14.4. The van der Waals surface area contributed by atoms with Gasteiger partial charge in [0.05, 0.1) is 19.0 Å². The van der Waals surface area contributed by atoms with Gasteiger partial charge >= 0.3 is 0 Å². The van der Waals surface area contributed by atoms with E-state index < -0.39 is 10.1 Å². The Bertz CT molecular complexity index is 277. The highest BCUT2D eigenvalue weighted by Gasteiger charge is 2.03. The topological polar surface area (TPSA) is 72.8 Å². The smallest absolute Gasteiger partial charge is 0.264 e. The van der Waals surface area contributed by atoms with Gasteiger partial charge in [0.2, 0.25) is 0 Å². The van der Waals surface area contributed by atoms with Crippen LogP contribution in [-0.4, -0.2) is 31.9 Å². The Labute approximate surface area is 117 Å². The van der Waals surface area contributed by atoms with Gasteiger partial charge in [-0.25, -0.2) is 9.78 Å².